The van der Waals surface area contributed by atoms with Gasteiger partial charge in [-0.05, 0) is 56.5 Å². The van der Waals surface area contributed by atoms with Crippen molar-refractivity contribution in [2.45, 2.75) is 25.7 Å². The van der Waals surface area contributed by atoms with Crippen LogP contribution in [-0.4, -0.2) is 30.4 Å². The van der Waals surface area contributed by atoms with Crippen molar-refractivity contribution in [2.24, 2.45) is 11.7 Å². The molecule has 104 valence electrons. The number of nitrogens with zero attached hydrogens (tertiary/aromatic N) is 1. The van der Waals surface area contributed by atoms with E-state index in [1.54, 1.807) is 0 Å². The van der Waals surface area contributed by atoms with Gasteiger partial charge in [-0.2, -0.15) is 0 Å². The number of likely N-dealkylation sites (tertiary alicyclic amines) is 1. The first-order chi connectivity index (χ1) is 9.15. The third kappa shape index (κ3) is 4.24. The average Bonchev–Trinajstić information content (AvgIpc) is 2.41. The normalized spacial score (nSPS) is 20.3. The zero-order valence-corrected chi connectivity index (χ0v) is 11.3. The van der Waals surface area contributed by atoms with Gasteiger partial charge in [0, 0.05) is 12.2 Å². The van der Waals surface area contributed by atoms with Crippen molar-refractivity contribution >= 4 is 11.6 Å². The lowest BCUT2D eigenvalue weighted by Gasteiger charge is -2.31. The van der Waals surface area contributed by atoms with Crippen molar-refractivity contribution in [1.82, 2.24) is 4.90 Å². The number of benzene rings is 1. The summed E-state index contributed by atoms with van der Waals surface area (Å²) in [6.07, 6.45) is 4.19. The van der Waals surface area contributed by atoms with Crippen molar-refractivity contribution in [2.75, 3.05) is 25.4 Å². The molecule has 1 heterocycles. The second kappa shape index (κ2) is 6.57. The second-order valence-electron chi connectivity index (χ2n) is 5.39. The number of anilines is 1. The fraction of sp³-hybridized carbons (Fsp3) is 0.533. The van der Waals surface area contributed by atoms with Crippen molar-refractivity contribution in [3.8, 4) is 0 Å². The molecule has 1 aliphatic heterocycles. The van der Waals surface area contributed by atoms with Gasteiger partial charge in [0.1, 0.15) is 0 Å². The highest BCUT2D eigenvalue weighted by Crippen LogP contribution is 2.16. The van der Waals surface area contributed by atoms with Crippen LogP contribution in [0.25, 0.3) is 0 Å². The van der Waals surface area contributed by atoms with E-state index in [2.05, 4.69) is 17.0 Å². The number of aryl methyl sites for hydroxylation is 1. The van der Waals surface area contributed by atoms with E-state index in [1.807, 2.05) is 12.1 Å². The van der Waals surface area contributed by atoms with E-state index in [1.165, 1.54) is 5.56 Å². The summed E-state index contributed by atoms with van der Waals surface area (Å²) >= 11 is 0. The van der Waals surface area contributed by atoms with Crippen LogP contribution >= 0.6 is 0 Å². The highest BCUT2D eigenvalue weighted by atomic mass is 16.1. The number of carbonyl (C=O) groups excluding carboxylic acids is 1. The van der Waals surface area contributed by atoms with Crippen LogP contribution < -0.4 is 11.5 Å². The SMILES string of the molecule is NC(=O)C1CCCN(CCCc2ccc(N)cc2)C1. The fourth-order valence-corrected chi connectivity index (χ4v) is 2.68. The lowest BCUT2D eigenvalue weighted by molar-refractivity contribution is -0.123. The Balaban J connectivity index is 1.73. The molecule has 4 nitrogen and oxygen atoms in total. The molecule has 1 atom stereocenters. The Bertz CT molecular complexity index is 416. The second-order valence-corrected chi connectivity index (χ2v) is 5.39. The van der Waals surface area contributed by atoms with Crippen LogP contribution in [0.1, 0.15) is 24.8 Å². The van der Waals surface area contributed by atoms with Crippen LogP contribution in [0.4, 0.5) is 5.69 Å². The quantitative estimate of drug-likeness (QED) is 0.787. The molecule has 4 N–H and O–H groups in total. The number of amides is 1. The molecular formula is C15H23N3O. The van der Waals surface area contributed by atoms with Crippen LogP contribution in [0, 0.1) is 5.92 Å². The van der Waals surface area contributed by atoms with Crippen LogP contribution in [0.3, 0.4) is 0 Å². The van der Waals surface area contributed by atoms with Crippen molar-refractivity contribution in [3.63, 3.8) is 0 Å². The first-order valence-corrected chi connectivity index (χ1v) is 7.01. The predicted molar refractivity (Wildman–Crippen MR) is 77.5 cm³/mol. The van der Waals surface area contributed by atoms with Gasteiger partial charge in [0.05, 0.1) is 5.92 Å². The van der Waals surface area contributed by atoms with E-state index in [9.17, 15) is 4.79 Å². The van der Waals surface area contributed by atoms with Crippen LogP contribution in [0.2, 0.25) is 0 Å². The number of piperidine rings is 1. The molecule has 1 fully saturated rings. The molecule has 19 heavy (non-hydrogen) atoms. The third-order valence-electron chi connectivity index (χ3n) is 3.83. The molecule has 0 radical (unpaired) electrons. The van der Waals surface area contributed by atoms with E-state index >= 15 is 0 Å². The molecule has 1 saturated heterocycles. The predicted octanol–water partition coefficient (Wildman–Crippen LogP) is 1.40. The van der Waals surface area contributed by atoms with Gasteiger partial charge in [-0.15, -0.1) is 0 Å². The Kier molecular flexibility index (Phi) is 4.80. The maximum atomic E-state index is 11.2. The fourth-order valence-electron chi connectivity index (χ4n) is 2.68. The highest BCUT2D eigenvalue weighted by molar-refractivity contribution is 5.76. The van der Waals surface area contributed by atoms with E-state index in [0.717, 1.165) is 51.0 Å². The number of carbonyl (C=O) groups is 1. The Morgan fingerprint density at radius 3 is 2.74 bits per heavy atom. The van der Waals surface area contributed by atoms with Crippen molar-refractivity contribution in [1.29, 1.82) is 0 Å². The van der Waals surface area contributed by atoms with Gasteiger partial charge in [0.15, 0.2) is 0 Å². The minimum Gasteiger partial charge on any atom is -0.399 e. The van der Waals surface area contributed by atoms with Crippen LogP contribution in [0.5, 0.6) is 0 Å². The molecule has 0 aromatic heterocycles. The monoisotopic (exact) mass is 261 g/mol. The number of primary amides is 1. The molecule has 0 spiro atoms. The standard InChI is InChI=1S/C15H23N3O/c16-14-7-5-12(6-8-14)3-1-9-18-10-2-4-13(11-18)15(17)19/h5-8,13H,1-4,9-11,16H2,(H2,17,19). The number of rotatable bonds is 5. The molecule has 0 bridgehead atoms. The van der Waals surface area contributed by atoms with E-state index in [0.29, 0.717) is 0 Å². The maximum absolute atomic E-state index is 11.2. The molecule has 1 unspecified atom stereocenters. The van der Waals surface area contributed by atoms with Gasteiger partial charge in [-0.1, -0.05) is 12.1 Å². The average molecular weight is 261 g/mol. The molecule has 4 heteroatoms. The molecule has 1 aromatic rings. The van der Waals surface area contributed by atoms with Crippen molar-refractivity contribution < 1.29 is 4.79 Å². The summed E-state index contributed by atoms with van der Waals surface area (Å²) in [5.74, 6) is -0.103. The minimum absolute atomic E-state index is 0.0465. The number of hydrogen-bond donors (Lipinski definition) is 2. The number of hydrogen-bond acceptors (Lipinski definition) is 3. The summed E-state index contributed by atoms with van der Waals surface area (Å²) in [4.78, 5) is 13.6. The highest BCUT2D eigenvalue weighted by Gasteiger charge is 2.23. The van der Waals surface area contributed by atoms with Crippen molar-refractivity contribution in [3.05, 3.63) is 29.8 Å². The summed E-state index contributed by atoms with van der Waals surface area (Å²) in [5.41, 5.74) is 13.2. The Morgan fingerprint density at radius 1 is 1.32 bits per heavy atom. The molecule has 2 rings (SSSR count). The smallest absolute Gasteiger partial charge is 0.221 e. The molecule has 0 saturated carbocycles. The Hall–Kier alpha value is -1.55. The first-order valence-electron chi connectivity index (χ1n) is 7.01. The molecular weight excluding hydrogens is 238 g/mol. The van der Waals surface area contributed by atoms with Gasteiger partial charge in [0.25, 0.3) is 0 Å². The zero-order chi connectivity index (χ0) is 13.7. The number of nitrogen functional groups attached to an aromatic ring is 1. The van der Waals surface area contributed by atoms with Gasteiger partial charge in [0.2, 0.25) is 5.91 Å². The molecule has 0 aliphatic carbocycles. The largest absolute Gasteiger partial charge is 0.399 e. The summed E-state index contributed by atoms with van der Waals surface area (Å²) in [5, 5.41) is 0. The minimum atomic E-state index is -0.150. The van der Waals surface area contributed by atoms with Crippen LogP contribution in [0.15, 0.2) is 24.3 Å². The Labute approximate surface area is 114 Å². The lowest BCUT2D eigenvalue weighted by atomic mass is 9.97. The summed E-state index contributed by atoms with van der Waals surface area (Å²) in [6.45, 7) is 2.96. The number of nitrogens with two attached hydrogens (primary N) is 2. The van der Waals surface area contributed by atoms with E-state index in [4.69, 9.17) is 11.5 Å². The first kappa shape index (κ1) is 13.9. The van der Waals surface area contributed by atoms with Crippen LogP contribution in [-0.2, 0) is 11.2 Å². The zero-order valence-electron chi connectivity index (χ0n) is 11.3. The van der Waals surface area contributed by atoms with Gasteiger partial charge >= 0.3 is 0 Å². The molecule has 1 aromatic carbocycles. The van der Waals surface area contributed by atoms with E-state index < -0.39 is 0 Å². The third-order valence-corrected chi connectivity index (χ3v) is 3.83. The molecule has 1 amide bonds. The molecule has 1 aliphatic rings. The Morgan fingerprint density at radius 2 is 2.05 bits per heavy atom. The van der Waals surface area contributed by atoms with Gasteiger partial charge < -0.3 is 16.4 Å². The lowest BCUT2D eigenvalue weighted by Crippen LogP contribution is -2.41. The topological polar surface area (TPSA) is 72.4 Å². The van der Waals surface area contributed by atoms with Gasteiger partial charge in [-0.25, -0.2) is 0 Å². The maximum Gasteiger partial charge on any atom is 0.221 e. The summed E-state index contributed by atoms with van der Waals surface area (Å²) in [7, 11) is 0. The van der Waals surface area contributed by atoms with E-state index in [-0.39, 0.29) is 11.8 Å². The summed E-state index contributed by atoms with van der Waals surface area (Å²) < 4.78 is 0. The van der Waals surface area contributed by atoms with Gasteiger partial charge in [-0.3, -0.25) is 4.79 Å². The summed E-state index contributed by atoms with van der Waals surface area (Å²) in [6, 6.07) is 8.05.